The van der Waals surface area contributed by atoms with Crippen LogP contribution in [-0.2, 0) is 6.54 Å². The fourth-order valence-corrected chi connectivity index (χ4v) is 3.25. The van der Waals surface area contributed by atoms with Gasteiger partial charge in [0.1, 0.15) is 5.03 Å². The molecule has 0 spiro atoms. The minimum Gasteiger partial charge on any atom is -0.353 e. The van der Waals surface area contributed by atoms with Crippen LogP contribution in [-0.4, -0.2) is 35.8 Å². The maximum atomic E-state index is 4.47. The molecular weight excluding hydrogens is 302 g/mol. The van der Waals surface area contributed by atoms with E-state index in [2.05, 4.69) is 40.4 Å². The van der Waals surface area contributed by atoms with Crippen LogP contribution in [0.1, 0.15) is 19.4 Å². The quantitative estimate of drug-likeness (QED) is 0.845. The van der Waals surface area contributed by atoms with Crippen LogP contribution in [0.15, 0.2) is 27.7 Å². The first-order chi connectivity index (χ1) is 10.0. The highest BCUT2D eigenvalue weighted by molar-refractivity contribution is 8.01. The molecule has 114 valence electrons. The van der Waals surface area contributed by atoms with Crippen LogP contribution < -0.4 is 10.2 Å². The summed E-state index contributed by atoms with van der Waals surface area (Å²) in [6.45, 7) is 6.29. The van der Waals surface area contributed by atoms with E-state index in [4.69, 9.17) is 0 Å². The van der Waals surface area contributed by atoms with Gasteiger partial charge in [-0.3, -0.25) is 0 Å². The summed E-state index contributed by atoms with van der Waals surface area (Å²) < 4.78 is 0.914. The first-order valence-electron chi connectivity index (χ1n) is 6.89. The van der Waals surface area contributed by atoms with E-state index in [9.17, 15) is 0 Å². The van der Waals surface area contributed by atoms with Gasteiger partial charge < -0.3 is 10.2 Å². The van der Waals surface area contributed by atoms with Crippen molar-refractivity contribution in [3.8, 4) is 0 Å². The van der Waals surface area contributed by atoms with Crippen molar-refractivity contribution >= 4 is 28.2 Å². The van der Waals surface area contributed by atoms with Gasteiger partial charge in [0.25, 0.3) is 0 Å². The lowest BCUT2D eigenvalue weighted by molar-refractivity contribution is 0.551. The molecule has 0 aliphatic heterocycles. The molecule has 0 aliphatic carbocycles. The molecular formula is C14H21N5S2. The Morgan fingerprint density at radius 1 is 1.29 bits per heavy atom. The molecule has 1 N–H and O–H groups in total. The van der Waals surface area contributed by atoms with Crippen LogP contribution in [0.25, 0.3) is 0 Å². The lowest BCUT2D eigenvalue weighted by Gasteiger charge is -2.07. The Morgan fingerprint density at radius 3 is 2.67 bits per heavy atom. The van der Waals surface area contributed by atoms with Gasteiger partial charge in [-0.1, -0.05) is 31.3 Å². The normalized spacial score (nSPS) is 11.1. The topological polar surface area (TPSA) is 53.9 Å². The highest BCUT2D eigenvalue weighted by Gasteiger charge is 2.08. The van der Waals surface area contributed by atoms with Crippen LogP contribution in [0.4, 0.5) is 5.13 Å². The van der Waals surface area contributed by atoms with Gasteiger partial charge >= 0.3 is 0 Å². The van der Waals surface area contributed by atoms with E-state index in [1.807, 2.05) is 31.3 Å². The van der Waals surface area contributed by atoms with Gasteiger partial charge in [0.2, 0.25) is 5.13 Å². The number of nitrogens with zero attached hydrogens (tertiary/aromatic N) is 4. The molecule has 0 saturated heterocycles. The molecule has 0 amide bonds. The summed E-state index contributed by atoms with van der Waals surface area (Å²) in [5.74, 6) is 0.663. The summed E-state index contributed by atoms with van der Waals surface area (Å²) in [5, 5.41) is 13.6. The molecule has 21 heavy (non-hydrogen) atoms. The predicted octanol–water partition coefficient (Wildman–Crippen LogP) is 2.90. The Labute approximate surface area is 134 Å². The van der Waals surface area contributed by atoms with Crippen molar-refractivity contribution in [3.05, 3.63) is 23.9 Å². The molecule has 0 radical (unpaired) electrons. The summed E-state index contributed by atoms with van der Waals surface area (Å²) in [7, 11) is 3.93. The summed E-state index contributed by atoms with van der Waals surface area (Å²) in [4.78, 5) is 6.43. The monoisotopic (exact) mass is 323 g/mol. The molecule has 2 rings (SSSR count). The summed E-state index contributed by atoms with van der Waals surface area (Å²) in [6.07, 6.45) is 1.92. The number of hydrogen-bond acceptors (Lipinski definition) is 7. The van der Waals surface area contributed by atoms with Crippen molar-refractivity contribution < 1.29 is 0 Å². The Kier molecular flexibility index (Phi) is 5.96. The summed E-state index contributed by atoms with van der Waals surface area (Å²) in [6, 6.07) is 4.14. The van der Waals surface area contributed by atoms with Gasteiger partial charge in [0.05, 0.1) is 0 Å². The molecule has 2 aromatic heterocycles. The number of pyridine rings is 1. The second kappa shape index (κ2) is 7.72. The fraction of sp³-hybridized carbons (Fsp3) is 0.500. The van der Waals surface area contributed by atoms with Crippen LogP contribution in [0, 0.1) is 5.92 Å². The third-order valence-corrected chi connectivity index (χ3v) is 4.74. The Bertz CT molecular complexity index is 551. The van der Waals surface area contributed by atoms with Gasteiger partial charge in [0, 0.05) is 26.8 Å². The largest absolute Gasteiger partial charge is 0.353 e. The molecule has 5 nitrogen and oxygen atoms in total. The van der Waals surface area contributed by atoms with E-state index in [1.165, 1.54) is 5.56 Å². The summed E-state index contributed by atoms with van der Waals surface area (Å²) >= 11 is 3.12. The molecule has 0 unspecified atom stereocenters. The average Bonchev–Trinajstić information content (AvgIpc) is 2.89. The number of nitrogens with one attached hydrogen (secondary N) is 1. The first-order valence-corrected chi connectivity index (χ1v) is 8.52. The molecule has 0 fully saturated rings. The first kappa shape index (κ1) is 16.2. The van der Waals surface area contributed by atoms with Crippen LogP contribution in [0.2, 0.25) is 0 Å². The van der Waals surface area contributed by atoms with E-state index in [0.717, 1.165) is 27.6 Å². The van der Waals surface area contributed by atoms with Crippen LogP contribution in [0.5, 0.6) is 0 Å². The van der Waals surface area contributed by atoms with Gasteiger partial charge in [0.15, 0.2) is 4.34 Å². The van der Waals surface area contributed by atoms with Crippen molar-refractivity contribution in [3.63, 3.8) is 0 Å². The minimum atomic E-state index is 0.663. The zero-order valence-electron chi connectivity index (χ0n) is 12.8. The van der Waals surface area contributed by atoms with Gasteiger partial charge in [-0.2, -0.15) is 0 Å². The standard InChI is InChI=1S/C14H21N5S2/c1-10(2)7-15-8-11-5-6-12(16-9-11)20-14-18-17-13(21-14)19(3)4/h5-6,9-10,15H,7-8H2,1-4H3. The van der Waals surface area contributed by atoms with Crippen molar-refractivity contribution in [2.45, 2.75) is 29.8 Å². The maximum Gasteiger partial charge on any atom is 0.208 e. The number of aromatic nitrogens is 3. The van der Waals surface area contributed by atoms with E-state index < -0.39 is 0 Å². The minimum absolute atomic E-state index is 0.663. The highest BCUT2D eigenvalue weighted by atomic mass is 32.2. The Balaban J connectivity index is 1.89. The summed E-state index contributed by atoms with van der Waals surface area (Å²) in [5.41, 5.74) is 1.20. The Morgan fingerprint density at radius 2 is 2.10 bits per heavy atom. The third-order valence-electron chi connectivity index (χ3n) is 2.65. The van der Waals surface area contributed by atoms with E-state index in [-0.39, 0.29) is 0 Å². The lowest BCUT2D eigenvalue weighted by atomic mass is 10.2. The number of anilines is 1. The molecule has 0 bridgehead atoms. The van der Waals surface area contributed by atoms with E-state index in [0.29, 0.717) is 5.92 Å². The van der Waals surface area contributed by atoms with Crippen LogP contribution in [0.3, 0.4) is 0 Å². The lowest BCUT2D eigenvalue weighted by Crippen LogP contribution is -2.18. The molecule has 0 saturated carbocycles. The van der Waals surface area contributed by atoms with Crippen molar-refractivity contribution in [1.29, 1.82) is 0 Å². The second-order valence-electron chi connectivity index (χ2n) is 5.38. The molecule has 0 aromatic carbocycles. The van der Waals surface area contributed by atoms with Crippen molar-refractivity contribution in [2.75, 3.05) is 25.5 Å². The van der Waals surface area contributed by atoms with E-state index in [1.54, 1.807) is 23.1 Å². The zero-order chi connectivity index (χ0) is 15.2. The third kappa shape index (κ3) is 5.26. The SMILES string of the molecule is CC(C)CNCc1ccc(Sc2nnc(N(C)C)s2)nc1. The van der Waals surface area contributed by atoms with Gasteiger partial charge in [-0.25, -0.2) is 4.98 Å². The Hall–Kier alpha value is -1.18. The van der Waals surface area contributed by atoms with Crippen molar-refractivity contribution in [2.24, 2.45) is 5.92 Å². The fourth-order valence-electron chi connectivity index (χ4n) is 1.59. The molecule has 0 aliphatic rings. The maximum absolute atomic E-state index is 4.47. The van der Waals surface area contributed by atoms with Crippen molar-refractivity contribution in [1.82, 2.24) is 20.5 Å². The molecule has 2 aromatic rings. The zero-order valence-corrected chi connectivity index (χ0v) is 14.5. The van der Waals surface area contributed by atoms with Crippen LogP contribution >= 0.6 is 23.1 Å². The number of hydrogen-bond donors (Lipinski definition) is 1. The number of rotatable bonds is 7. The predicted molar refractivity (Wildman–Crippen MR) is 89.1 cm³/mol. The molecule has 0 atom stereocenters. The van der Waals surface area contributed by atoms with Gasteiger partial charge in [-0.15, -0.1) is 10.2 Å². The highest BCUT2D eigenvalue weighted by Crippen LogP contribution is 2.31. The second-order valence-corrected chi connectivity index (χ2v) is 7.60. The average molecular weight is 323 g/mol. The van der Waals surface area contributed by atoms with E-state index >= 15 is 0 Å². The smallest absolute Gasteiger partial charge is 0.208 e. The molecule has 2 heterocycles. The molecule has 7 heteroatoms. The van der Waals surface area contributed by atoms with Gasteiger partial charge in [-0.05, 0) is 35.9 Å².